The van der Waals surface area contributed by atoms with Gasteiger partial charge in [0.1, 0.15) is 0 Å². The highest BCUT2D eigenvalue weighted by atomic mass is 16.5. The summed E-state index contributed by atoms with van der Waals surface area (Å²) in [5, 5.41) is 3.45. The molecule has 1 N–H and O–H groups in total. The SMILES string of the molecule is c1cc2c(cc1CCCN1CCOCC1)CNCC2. The van der Waals surface area contributed by atoms with Gasteiger partial charge in [0.2, 0.25) is 0 Å². The maximum Gasteiger partial charge on any atom is 0.0594 e. The van der Waals surface area contributed by atoms with Crippen molar-refractivity contribution in [3.63, 3.8) is 0 Å². The minimum Gasteiger partial charge on any atom is -0.379 e. The smallest absolute Gasteiger partial charge is 0.0594 e. The third kappa shape index (κ3) is 3.56. The van der Waals surface area contributed by atoms with Gasteiger partial charge in [-0.2, -0.15) is 0 Å². The van der Waals surface area contributed by atoms with E-state index in [1.807, 2.05) is 0 Å². The van der Waals surface area contributed by atoms with Gasteiger partial charge in [0.05, 0.1) is 13.2 Å². The van der Waals surface area contributed by atoms with Crippen LogP contribution in [0.3, 0.4) is 0 Å². The van der Waals surface area contributed by atoms with Crippen molar-refractivity contribution in [1.82, 2.24) is 10.2 Å². The third-order valence-corrected chi connectivity index (χ3v) is 4.20. The molecule has 2 heterocycles. The second kappa shape index (κ2) is 6.51. The molecule has 0 bridgehead atoms. The molecule has 3 nitrogen and oxygen atoms in total. The zero-order valence-corrected chi connectivity index (χ0v) is 11.7. The number of fused-ring (bicyclic) bond motifs is 1. The first-order valence-corrected chi connectivity index (χ1v) is 7.53. The van der Waals surface area contributed by atoms with Crippen LogP contribution in [-0.2, 0) is 24.1 Å². The summed E-state index contributed by atoms with van der Waals surface area (Å²) in [5.41, 5.74) is 4.54. The Hall–Kier alpha value is -0.900. The topological polar surface area (TPSA) is 24.5 Å². The summed E-state index contributed by atoms with van der Waals surface area (Å²) in [6, 6.07) is 7.06. The molecule has 2 aliphatic rings. The third-order valence-electron chi connectivity index (χ3n) is 4.20. The molecule has 0 amide bonds. The lowest BCUT2D eigenvalue weighted by Crippen LogP contribution is -2.36. The molecule has 0 aliphatic carbocycles. The molecule has 1 aromatic carbocycles. The molecule has 0 saturated carbocycles. The highest BCUT2D eigenvalue weighted by Gasteiger charge is 2.11. The van der Waals surface area contributed by atoms with Crippen LogP contribution in [0.15, 0.2) is 18.2 Å². The molecule has 0 radical (unpaired) electrons. The van der Waals surface area contributed by atoms with E-state index in [0.717, 1.165) is 39.4 Å². The zero-order chi connectivity index (χ0) is 12.9. The van der Waals surface area contributed by atoms with Gasteiger partial charge in [0, 0.05) is 19.6 Å². The minimum atomic E-state index is 0.907. The van der Waals surface area contributed by atoms with E-state index in [2.05, 4.69) is 28.4 Å². The minimum absolute atomic E-state index is 0.907. The Morgan fingerprint density at radius 1 is 1.16 bits per heavy atom. The van der Waals surface area contributed by atoms with Gasteiger partial charge in [-0.05, 0) is 49.0 Å². The lowest BCUT2D eigenvalue weighted by Gasteiger charge is -2.26. The van der Waals surface area contributed by atoms with E-state index in [0.29, 0.717) is 0 Å². The van der Waals surface area contributed by atoms with Gasteiger partial charge in [0.25, 0.3) is 0 Å². The summed E-state index contributed by atoms with van der Waals surface area (Å²) in [7, 11) is 0. The predicted molar refractivity (Wildman–Crippen MR) is 77.4 cm³/mol. The van der Waals surface area contributed by atoms with Crippen molar-refractivity contribution in [2.45, 2.75) is 25.8 Å². The van der Waals surface area contributed by atoms with Crippen molar-refractivity contribution >= 4 is 0 Å². The van der Waals surface area contributed by atoms with E-state index in [-0.39, 0.29) is 0 Å². The van der Waals surface area contributed by atoms with Crippen LogP contribution in [0.25, 0.3) is 0 Å². The van der Waals surface area contributed by atoms with Crippen molar-refractivity contribution in [3.05, 3.63) is 34.9 Å². The summed E-state index contributed by atoms with van der Waals surface area (Å²) in [5.74, 6) is 0. The number of morpholine rings is 1. The van der Waals surface area contributed by atoms with Crippen LogP contribution >= 0.6 is 0 Å². The Kier molecular flexibility index (Phi) is 4.49. The Morgan fingerprint density at radius 3 is 2.95 bits per heavy atom. The average Bonchev–Trinajstić information content (AvgIpc) is 2.48. The molecule has 1 saturated heterocycles. The number of benzene rings is 1. The molecule has 0 unspecified atom stereocenters. The van der Waals surface area contributed by atoms with E-state index >= 15 is 0 Å². The number of rotatable bonds is 4. The Bertz CT molecular complexity index is 413. The standard InChI is InChI=1S/C16H24N2O/c1(7-18-8-10-19-11-9-18)2-14-3-4-15-5-6-17-13-16(15)12-14/h3-4,12,17H,1-2,5-11,13H2. The lowest BCUT2D eigenvalue weighted by molar-refractivity contribution is 0.0374. The number of hydrogen-bond acceptors (Lipinski definition) is 3. The first-order valence-electron chi connectivity index (χ1n) is 7.53. The summed E-state index contributed by atoms with van der Waals surface area (Å²) < 4.78 is 5.38. The van der Waals surface area contributed by atoms with Gasteiger partial charge < -0.3 is 10.1 Å². The number of hydrogen-bond donors (Lipinski definition) is 1. The van der Waals surface area contributed by atoms with Crippen molar-refractivity contribution < 1.29 is 4.74 Å². The van der Waals surface area contributed by atoms with Crippen molar-refractivity contribution in [2.24, 2.45) is 0 Å². The van der Waals surface area contributed by atoms with Gasteiger partial charge in [-0.3, -0.25) is 4.90 Å². The van der Waals surface area contributed by atoms with Crippen LogP contribution in [0.1, 0.15) is 23.1 Å². The number of aryl methyl sites for hydroxylation is 1. The van der Waals surface area contributed by atoms with Crippen molar-refractivity contribution in [3.8, 4) is 0 Å². The normalized spacial score (nSPS) is 20.2. The molecule has 1 aromatic rings. The molecular weight excluding hydrogens is 236 g/mol. The van der Waals surface area contributed by atoms with Crippen molar-refractivity contribution in [2.75, 3.05) is 39.4 Å². The van der Waals surface area contributed by atoms with Crippen LogP contribution in [-0.4, -0.2) is 44.3 Å². The van der Waals surface area contributed by atoms with E-state index in [1.54, 1.807) is 0 Å². The van der Waals surface area contributed by atoms with E-state index < -0.39 is 0 Å². The fourth-order valence-electron chi connectivity index (χ4n) is 3.02. The van der Waals surface area contributed by atoms with Crippen LogP contribution < -0.4 is 5.32 Å². The molecule has 3 heteroatoms. The Labute approximate surface area is 115 Å². The summed E-state index contributed by atoms with van der Waals surface area (Å²) in [6.45, 7) is 7.41. The summed E-state index contributed by atoms with van der Waals surface area (Å²) in [4.78, 5) is 2.52. The largest absolute Gasteiger partial charge is 0.379 e. The van der Waals surface area contributed by atoms with Gasteiger partial charge in [-0.25, -0.2) is 0 Å². The fourth-order valence-corrected chi connectivity index (χ4v) is 3.02. The van der Waals surface area contributed by atoms with Gasteiger partial charge >= 0.3 is 0 Å². The van der Waals surface area contributed by atoms with Gasteiger partial charge in [-0.15, -0.1) is 0 Å². The van der Waals surface area contributed by atoms with Crippen LogP contribution in [0.5, 0.6) is 0 Å². The fraction of sp³-hybridized carbons (Fsp3) is 0.625. The zero-order valence-electron chi connectivity index (χ0n) is 11.7. The number of nitrogens with zero attached hydrogens (tertiary/aromatic N) is 1. The summed E-state index contributed by atoms with van der Waals surface area (Å²) in [6.07, 6.45) is 3.64. The highest BCUT2D eigenvalue weighted by molar-refractivity contribution is 5.33. The quantitative estimate of drug-likeness (QED) is 0.890. The molecule has 3 rings (SSSR count). The first kappa shape index (κ1) is 13.1. The molecular formula is C16H24N2O. The van der Waals surface area contributed by atoms with Crippen LogP contribution in [0.2, 0.25) is 0 Å². The predicted octanol–water partition coefficient (Wildman–Crippen LogP) is 1.60. The van der Waals surface area contributed by atoms with Gasteiger partial charge in [-0.1, -0.05) is 18.2 Å². The molecule has 1 fully saturated rings. The molecule has 19 heavy (non-hydrogen) atoms. The van der Waals surface area contributed by atoms with E-state index in [1.165, 1.54) is 42.5 Å². The maximum absolute atomic E-state index is 5.38. The molecule has 104 valence electrons. The van der Waals surface area contributed by atoms with E-state index in [9.17, 15) is 0 Å². The molecule has 2 aliphatic heterocycles. The lowest BCUT2D eigenvalue weighted by atomic mass is 9.97. The molecule has 0 atom stereocenters. The van der Waals surface area contributed by atoms with Gasteiger partial charge in [0.15, 0.2) is 0 Å². The molecule has 0 spiro atoms. The number of ether oxygens (including phenoxy) is 1. The Balaban J connectivity index is 1.49. The first-order chi connectivity index (χ1) is 9.42. The van der Waals surface area contributed by atoms with E-state index in [4.69, 9.17) is 4.74 Å². The second-order valence-corrected chi connectivity index (χ2v) is 5.59. The Morgan fingerprint density at radius 2 is 2.05 bits per heavy atom. The van der Waals surface area contributed by atoms with Crippen LogP contribution in [0, 0.1) is 0 Å². The van der Waals surface area contributed by atoms with Crippen LogP contribution in [0.4, 0.5) is 0 Å². The number of nitrogens with one attached hydrogen (secondary N) is 1. The van der Waals surface area contributed by atoms with Crippen molar-refractivity contribution in [1.29, 1.82) is 0 Å². The molecule has 0 aromatic heterocycles. The summed E-state index contributed by atoms with van der Waals surface area (Å²) >= 11 is 0. The highest BCUT2D eigenvalue weighted by Crippen LogP contribution is 2.17. The average molecular weight is 260 g/mol. The second-order valence-electron chi connectivity index (χ2n) is 5.59. The monoisotopic (exact) mass is 260 g/mol. The maximum atomic E-state index is 5.38.